The molecule has 0 atom stereocenters. The van der Waals surface area contributed by atoms with E-state index in [1.807, 2.05) is 31.2 Å². The fraction of sp³-hybridized carbons (Fsp3) is 0.222. The molecule has 0 aliphatic carbocycles. The van der Waals surface area contributed by atoms with Crippen molar-refractivity contribution in [3.63, 3.8) is 0 Å². The molecule has 12 heavy (non-hydrogen) atoms. The van der Waals surface area contributed by atoms with E-state index in [0.29, 0.717) is 0 Å². The molecule has 1 rings (SSSR count). The second kappa shape index (κ2) is 4.58. The molecule has 0 aromatic heterocycles. The molecule has 0 saturated heterocycles. The molecule has 0 heterocycles. The van der Waals surface area contributed by atoms with Gasteiger partial charge in [-0.25, -0.2) is 0 Å². The van der Waals surface area contributed by atoms with Crippen LogP contribution in [0.15, 0.2) is 29.2 Å². The van der Waals surface area contributed by atoms with E-state index >= 15 is 0 Å². The summed E-state index contributed by atoms with van der Waals surface area (Å²) < 4.78 is 0. The van der Waals surface area contributed by atoms with Crippen molar-refractivity contribution in [1.29, 1.82) is 0 Å². The van der Waals surface area contributed by atoms with Crippen LogP contribution in [0.5, 0.6) is 0 Å². The summed E-state index contributed by atoms with van der Waals surface area (Å²) >= 11 is 0. The lowest BCUT2D eigenvalue weighted by molar-refractivity contribution is -0.109. The number of benzene rings is 1. The van der Waals surface area contributed by atoms with E-state index in [0.717, 1.165) is 4.90 Å². The van der Waals surface area contributed by atoms with Crippen molar-refractivity contribution in [3.8, 4) is 0 Å². The van der Waals surface area contributed by atoms with Gasteiger partial charge in [0.1, 0.15) is 0 Å². The SMILES string of the molecule is CC(=O)SSc1ccccc1C. The molecule has 3 heteroatoms. The molecular weight excluding hydrogens is 188 g/mol. The van der Waals surface area contributed by atoms with Crippen molar-refractivity contribution in [2.45, 2.75) is 18.7 Å². The van der Waals surface area contributed by atoms with Gasteiger partial charge in [0, 0.05) is 11.8 Å². The molecule has 0 saturated carbocycles. The molecule has 0 spiro atoms. The Balaban J connectivity index is 2.63. The summed E-state index contributed by atoms with van der Waals surface area (Å²) in [6.45, 7) is 3.62. The van der Waals surface area contributed by atoms with Gasteiger partial charge in [-0.05, 0) is 40.1 Å². The summed E-state index contributed by atoms with van der Waals surface area (Å²) in [6, 6.07) is 8.05. The Hall–Kier alpha value is -0.410. The predicted molar refractivity (Wildman–Crippen MR) is 55.3 cm³/mol. The van der Waals surface area contributed by atoms with Crippen LogP contribution in [0, 0.1) is 6.92 Å². The predicted octanol–water partition coefficient (Wildman–Crippen LogP) is 3.28. The first-order valence-corrected chi connectivity index (χ1v) is 5.76. The second-order valence-corrected chi connectivity index (χ2v) is 4.77. The lowest BCUT2D eigenvalue weighted by Crippen LogP contribution is -1.78. The lowest BCUT2D eigenvalue weighted by atomic mass is 10.2. The Morgan fingerprint density at radius 1 is 1.33 bits per heavy atom. The Bertz CT molecular complexity index is 284. The van der Waals surface area contributed by atoms with Crippen molar-refractivity contribution in [2.75, 3.05) is 0 Å². The fourth-order valence-corrected chi connectivity index (χ4v) is 2.48. The molecule has 0 aliphatic heterocycles. The van der Waals surface area contributed by atoms with Gasteiger partial charge < -0.3 is 0 Å². The monoisotopic (exact) mass is 198 g/mol. The molecule has 0 bridgehead atoms. The van der Waals surface area contributed by atoms with Gasteiger partial charge in [-0.15, -0.1) is 0 Å². The Labute approximate surface area is 80.3 Å². The number of rotatable bonds is 2. The maximum Gasteiger partial charge on any atom is 0.196 e. The molecule has 0 amide bonds. The van der Waals surface area contributed by atoms with E-state index < -0.39 is 0 Å². The first kappa shape index (κ1) is 9.68. The average molecular weight is 198 g/mol. The van der Waals surface area contributed by atoms with Crippen molar-refractivity contribution in [2.24, 2.45) is 0 Å². The minimum atomic E-state index is 0.142. The van der Waals surface area contributed by atoms with Crippen LogP contribution in [0.25, 0.3) is 0 Å². The fourth-order valence-electron chi connectivity index (χ4n) is 0.753. The molecule has 1 nitrogen and oxygen atoms in total. The minimum Gasteiger partial charge on any atom is -0.287 e. The number of hydrogen-bond acceptors (Lipinski definition) is 3. The number of carbonyl (C=O) groups is 1. The zero-order chi connectivity index (χ0) is 8.97. The average Bonchev–Trinajstić information content (AvgIpc) is 2.03. The molecule has 0 unspecified atom stereocenters. The maximum absolute atomic E-state index is 10.7. The largest absolute Gasteiger partial charge is 0.287 e. The van der Waals surface area contributed by atoms with Crippen molar-refractivity contribution < 1.29 is 4.79 Å². The Kier molecular flexibility index (Phi) is 3.69. The highest BCUT2D eigenvalue weighted by Gasteiger charge is 1.99. The highest BCUT2D eigenvalue weighted by Crippen LogP contribution is 2.33. The Morgan fingerprint density at radius 2 is 2.00 bits per heavy atom. The molecule has 64 valence electrons. The third-order valence-electron chi connectivity index (χ3n) is 1.34. The number of carbonyl (C=O) groups excluding carboxylic acids is 1. The van der Waals surface area contributed by atoms with Crippen LogP contribution in [0.3, 0.4) is 0 Å². The van der Waals surface area contributed by atoms with Gasteiger partial charge in [0.25, 0.3) is 0 Å². The van der Waals surface area contributed by atoms with E-state index in [1.54, 1.807) is 6.92 Å². The normalized spacial score (nSPS) is 9.83. The third kappa shape index (κ3) is 2.91. The summed E-state index contributed by atoms with van der Waals surface area (Å²) in [6.07, 6.45) is 0. The van der Waals surface area contributed by atoms with Crippen LogP contribution in [0.4, 0.5) is 0 Å². The van der Waals surface area contributed by atoms with Crippen LogP contribution in [-0.2, 0) is 4.79 Å². The van der Waals surface area contributed by atoms with Gasteiger partial charge in [0.15, 0.2) is 5.12 Å². The summed E-state index contributed by atoms with van der Waals surface area (Å²) in [5, 5.41) is 0.142. The van der Waals surface area contributed by atoms with Crippen molar-refractivity contribution in [1.82, 2.24) is 0 Å². The maximum atomic E-state index is 10.7. The molecule has 0 N–H and O–H groups in total. The van der Waals surface area contributed by atoms with E-state index in [-0.39, 0.29) is 5.12 Å². The van der Waals surface area contributed by atoms with E-state index in [4.69, 9.17) is 0 Å². The zero-order valence-electron chi connectivity index (χ0n) is 7.03. The quantitative estimate of drug-likeness (QED) is 0.679. The van der Waals surface area contributed by atoms with Gasteiger partial charge in [0.2, 0.25) is 0 Å². The van der Waals surface area contributed by atoms with Gasteiger partial charge >= 0.3 is 0 Å². The molecular formula is C9H10OS2. The van der Waals surface area contributed by atoms with Crippen LogP contribution >= 0.6 is 21.6 Å². The Morgan fingerprint density at radius 3 is 2.58 bits per heavy atom. The second-order valence-electron chi connectivity index (χ2n) is 2.42. The van der Waals surface area contributed by atoms with Crippen LogP contribution < -0.4 is 0 Å². The summed E-state index contributed by atoms with van der Waals surface area (Å²) in [4.78, 5) is 11.8. The van der Waals surface area contributed by atoms with Gasteiger partial charge in [-0.3, -0.25) is 4.79 Å². The minimum absolute atomic E-state index is 0.142. The van der Waals surface area contributed by atoms with Gasteiger partial charge in [0.05, 0.1) is 0 Å². The van der Waals surface area contributed by atoms with E-state index in [9.17, 15) is 4.79 Å². The first-order valence-electron chi connectivity index (χ1n) is 3.61. The highest BCUT2D eigenvalue weighted by molar-refractivity contribution is 8.82. The van der Waals surface area contributed by atoms with E-state index in [1.165, 1.54) is 27.2 Å². The molecule has 1 aromatic carbocycles. The number of aryl methyl sites for hydroxylation is 1. The van der Waals surface area contributed by atoms with Crippen LogP contribution in [0.2, 0.25) is 0 Å². The third-order valence-corrected chi connectivity index (χ3v) is 3.79. The van der Waals surface area contributed by atoms with Crippen LogP contribution in [-0.4, -0.2) is 5.12 Å². The topological polar surface area (TPSA) is 17.1 Å². The van der Waals surface area contributed by atoms with Crippen LogP contribution in [0.1, 0.15) is 12.5 Å². The summed E-state index contributed by atoms with van der Waals surface area (Å²) in [7, 11) is 2.80. The van der Waals surface area contributed by atoms with E-state index in [2.05, 4.69) is 0 Å². The van der Waals surface area contributed by atoms with Crippen molar-refractivity contribution >= 4 is 26.7 Å². The lowest BCUT2D eigenvalue weighted by Gasteiger charge is -2.00. The molecule has 0 radical (unpaired) electrons. The molecule has 1 aromatic rings. The van der Waals surface area contributed by atoms with Gasteiger partial charge in [-0.2, -0.15) is 0 Å². The van der Waals surface area contributed by atoms with Gasteiger partial charge in [-0.1, -0.05) is 18.2 Å². The smallest absolute Gasteiger partial charge is 0.196 e. The summed E-state index contributed by atoms with van der Waals surface area (Å²) in [5.74, 6) is 0. The zero-order valence-corrected chi connectivity index (χ0v) is 8.67. The molecule has 0 fully saturated rings. The van der Waals surface area contributed by atoms with Crippen molar-refractivity contribution in [3.05, 3.63) is 29.8 Å². The molecule has 0 aliphatic rings. The first-order chi connectivity index (χ1) is 5.70. The number of hydrogen-bond donors (Lipinski definition) is 0. The summed E-state index contributed by atoms with van der Waals surface area (Å²) in [5.41, 5.74) is 1.22. The highest BCUT2D eigenvalue weighted by atomic mass is 33.1. The standard InChI is InChI=1S/C9H10OS2/c1-7-5-3-4-6-9(7)12-11-8(2)10/h3-6H,1-2H3.